The van der Waals surface area contributed by atoms with Gasteiger partial charge in [0.05, 0.1) is 24.8 Å². The largest absolute Gasteiger partial charge is 0.493 e. The molecule has 0 atom stereocenters. The van der Waals surface area contributed by atoms with Crippen molar-refractivity contribution in [1.29, 1.82) is 0 Å². The molecular formula is C20H21BrN2O4S. The first-order chi connectivity index (χ1) is 13.4. The predicted molar refractivity (Wildman–Crippen MR) is 116 cm³/mol. The number of methoxy groups -OCH3 is 1. The molecule has 0 aliphatic carbocycles. The van der Waals surface area contributed by atoms with E-state index >= 15 is 0 Å². The van der Waals surface area contributed by atoms with Crippen molar-refractivity contribution in [1.82, 2.24) is 5.32 Å². The maximum Gasteiger partial charge on any atom is 0.337 e. The Balaban J connectivity index is 2.03. The van der Waals surface area contributed by atoms with Crippen molar-refractivity contribution in [2.45, 2.75) is 19.8 Å². The predicted octanol–water partition coefficient (Wildman–Crippen LogP) is 4.54. The normalized spacial score (nSPS) is 10.1. The third-order valence-corrected chi connectivity index (χ3v) is 4.43. The molecule has 0 unspecified atom stereocenters. The summed E-state index contributed by atoms with van der Waals surface area (Å²) in [7, 11) is 1.32. The fraction of sp³-hybridized carbons (Fsp3) is 0.250. The molecule has 0 aromatic heterocycles. The van der Waals surface area contributed by atoms with E-state index in [1.807, 2.05) is 6.07 Å². The van der Waals surface area contributed by atoms with Gasteiger partial charge >= 0.3 is 5.97 Å². The lowest BCUT2D eigenvalue weighted by atomic mass is 10.2. The Morgan fingerprint density at radius 1 is 1.14 bits per heavy atom. The highest BCUT2D eigenvalue weighted by atomic mass is 79.9. The molecule has 2 aromatic carbocycles. The molecule has 0 saturated heterocycles. The van der Waals surface area contributed by atoms with Crippen LogP contribution < -0.4 is 15.4 Å². The van der Waals surface area contributed by atoms with E-state index in [-0.39, 0.29) is 11.0 Å². The molecule has 8 heteroatoms. The maximum atomic E-state index is 12.6. The average molecular weight is 465 g/mol. The zero-order valence-corrected chi connectivity index (χ0v) is 18.0. The van der Waals surface area contributed by atoms with Gasteiger partial charge in [-0.05, 0) is 61.1 Å². The fourth-order valence-electron chi connectivity index (χ4n) is 2.27. The van der Waals surface area contributed by atoms with Crippen molar-refractivity contribution in [2.75, 3.05) is 19.0 Å². The van der Waals surface area contributed by atoms with Crippen LogP contribution in [0.3, 0.4) is 0 Å². The molecule has 28 heavy (non-hydrogen) atoms. The van der Waals surface area contributed by atoms with Crippen molar-refractivity contribution in [3.05, 3.63) is 58.1 Å². The van der Waals surface area contributed by atoms with Crippen LogP contribution in [0.1, 0.15) is 40.5 Å². The minimum Gasteiger partial charge on any atom is -0.493 e. The summed E-state index contributed by atoms with van der Waals surface area (Å²) < 4.78 is 11.1. The van der Waals surface area contributed by atoms with E-state index in [0.717, 1.165) is 17.3 Å². The van der Waals surface area contributed by atoms with E-state index in [4.69, 9.17) is 17.0 Å². The minimum absolute atomic E-state index is 0.135. The van der Waals surface area contributed by atoms with Gasteiger partial charge in [-0.1, -0.05) is 29.3 Å². The number of hydrogen-bond acceptors (Lipinski definition) is 5. The van der Waals surface area contributed by atoms with Gasteiger partial charge in [-0.3, -0.25) is 10.1 Å². The van der Waals surface area contributed by atoms with Crippen molar-refractivity contribution in [3.8, 4) is 5.75 Å². The molecule has 2 N–H and O–H groups in total. The smallest absolute Gasteiger partial charge is 0.337 e. The van der Waals surface area contributed by atoms with E-state index in [9.17, 15) is 9.59 Å². The zero-order chi connectivity index (χ0) is 20.5. The number of halogens is 1. The highest BCUT2D eigenvalue weighted by molar-refractivity contribution is 9.10. The number of amides is 1. The van der Waals surface area contributed by atoms with E-state index in [2.05, 4.69) is 38.2 Å². The van der Waals surface area contributed by atoms with Gasteiger partial charge in [0.25, 0.3) is 5.91 Å². The summed E-state index contributed by atoms with van der Waals surface area (Å²) in [5.41, 5.74) is 1.44. The summed E-state index contributed by atoms with van der Waals surface area (Å²) in [6.45, 7) is 2.61. The Kier molecular flexibility index (Phi) is 8.41. The zero-order valence-electron chi connectivity index (χ0n) is 15.6. The van der Waals surface area contributed by atoms with Gasteiger partial charge in [-0.2, -0.15) is 0 Å². The second-order valence-corrected chi connectivity index (χ2v) is 7.14. The Morgan fingerprint density at radius 2 is 1.86 bits per heavy atom. The molecule has 0 heterocycles. The Bertz CT molecular complexity index is 856. The van der Waals surface area contributed by atoms with Crippen molar-refractivity contribution >= 4 is 50.8 Å². The third-order valence-electron chi connectivity index (χ3n) is 3.73. The molecule has 2 aromatic rings. The first kappa shape index (κ1) is 21.8. The van der Waals surface area contributed by atoms with Crippen LogP contribution in [0, 0.1) is 0 Å². The first-order valence-electron chi connectivity index (χ1n) is 8.67. The van der Waals surface area contributed by atoms with Crippen LogP contribution in [0.25, 0.3) is 0 Å². The lowest BCUT2D eigenvalue weighted by molar-refractivity contribution is 0.0600. The number of nitrogens with one attached hydrogen (secondary N) is 2. The van der Waals surface area contributed by atoms with E-state index < -0.39 is 5.97 Å². The molecule has 1 amide bonds. The number of carbonyl (C=O) groups excluding carboxylic acids is 2. The number of anilines is 1. The molecule has 2 rings (SSSR count). The van der Waals surface area contributed by atoms with Crippen LogP contribution in [-0.4, -0.2) is 30.7 Å². The van der Waals surface area contributed by atoms with E-state index in [1.165, 1.54) is 7.11 Å². The number of esters is 1. The standard InChI is InChI=1S/C20H21BrN2O4S/c1-3-4-11-27-17-10-7-14(21)12-16(17)18(24)23-20(28)22-15-8-5-13(6-9-15)19(25)26-2/h5-10,12H,3-4,11H2,1-2H3,(H2,22,23,24,28). The summed E-state index contributed by atoms with van der Waals surface area (Å²) >= 11 is 8.58. The fourth-order valence-corrected chi connectivity index (χ4v) is 2.84. The lowest BCUT2D eigenvalue weighted by Crippen LogP contribution is -2.34. The van der Waals surface area contributed by atoms with E-state index in [1.54, 1.807) is 36.4 Å². The average Bonchev–Trinajstić information content (AvgIpc) is 2.69. The molecule has 0 spiro atoms. The minimum atomic E-state index is -0.423. The lowest BCUT2D eigenvalue weighted by Gasteiger charge is -2.13. The molecule has 0 bridgehead atoms. The topological polar surface area (TPSA) is 76.7 Å². The molecule has 0 fully saturated rings. The molecule has 0 saturated carbocycles. The summed E-state index contributed by atoms with van der Waals surface area (Å²) in [5.74, 6) is -0.302. The molecule has 0 radical (unpaired) electrons. The van der Waals surface area contributed by atoms with Crippen molar-refractivity contribution in [3.63, 3.8) is 0 Å². The summed E-state index contributed by atoms with van der Waals surface area (Å²) in [6, 6.07) is 11.8. The van der Waals surface area contributed by atoms with Gasteiger partial charge in [0.1, 0.15) is 5.75 Å². The number of thiocarbonyl (C=S) groups is 1. The van der Waals surface area contributed by atoms with Gasteiger partial charge in [0.2, 0.25) is 0 Å². The van der Waals surface area contributed by atoms with Crippen LogP contribution in [0.5, 0.6) is 5.75 Å². The number of benzene rings is 2. The van der Waals surface area contributed by atoms with Crippen LogP contribution in [0.2, 0.25) is 0 Å². The summed E-state index contributed by atoms with van der Waals surface area (Å²) in [6.07, 6.45) is 1.90. The SMILES string of the molecule is CCCCOc1ccc(Br)cc1C(=O)NC(=S)Nc1ccc(C(=O)OC)cc1. The number of carbonyl (C=O) groups is 2. The highest BCUT2D eigenvalue weighted by Crippen LogP contribution is 2.23. The van der Waals surface area contributed by atoms with Crippen molar-refractivity contribution < 1.29 is 19.1 Å². The van der Waals surface area contributed by atoms with Crippen LogP contribution in [-0.2, 0) is 4.74 Å². The van der Waals surface area contributed by atoms with Crippen LogP contribution in [0.15, 0.2) is 46.9 Å². The van der Waals surface area contributed by atoms with Crippen LogP contribution in [0.4, 0.5) is 5.69 Å². The van der Waals surface area contributed by atoms with Crippen molar-refractivity contribution in [2.24, 2.45) is 0 Å². The molecule has 0 aliphatic heterocycles. The molecular weight excluding hydrogens is 444 g/mol. The number of hydrogen-bond donors (Lipinski definition) is 2. The third kappa shape index (κ3) is 6.31. The van der Waals surface area contributed by atoms with Gasteiger partial charge < -0.3 is 14.8 Å². The Morgan fingerprint density at radius 3 is 2.50 bits per heavy atom. The quantitative estimate of drug-likeness (QED) is 0.355. The van der Waals surface area contributed by atoms with E-state index in [0.29, 0.717) is 29.2 Å². The number of rotatable bonds is 7. The molecule has 6 nitrogen and oxygen atoms in total. The first-order valence-corrected chi connectivity index (χ1v) is 9.87. The van der Waals surface area contributed by atoms with Crippen LogP contribution >= 0.6 is 28.1 Å². The van der Waals surface area contributed by atoms with Gasteiger partial charge in [0.15, 0.2) is 5.11 Å². The number of ether oxygens (including phenoxy) is 2. The monoisotopic (exact) mass is 464 g/mol. The molecule has 0 aliphatic rings. The number of unbranched alkanes of at least 4 members (excludes halogenated alkanes) is 1. The van der Waals surface area contributed by atoms with Gasteiger partial charge in [0, 0.05) is 10.2 Å². The van der Waals surface area contributed by atoms with Gasteiger partial charge in [-0.15, -0.1) is 0 Å². The Hall–Kier alpha value is -2.45. The maximum absolute atomic E-state index is 12.6. The summed E-state index contributed by atoms with van der Waals surface area (Å²) in [4.78, 5) is 24.1. The second kappa shape index (κ2) is 10.8. The Labute approximate surface area is 177 Å². The highest BCUT2D eigenvalue weighted by Gasteiger charge is 2.15. The van der Waals surface area contributed by atoms with Gasteiger partial charge in [-0.25, -0.2) is 4.79 Å². The molecule has 148 valence electrons. The summed E-state index contributed by atoms with van der Waals surface area (Å²) in [5, 5.41) is 5.68. The second-order valence-electron chi connectivity index (χ2n) is 5.82.